The van der Waals surface area contributed by atoms with Gasteiger partial charge in [-0.3, -0.25) is 0 Å². The first kappa shape index (κ1) is 14.8. The van der Waals surface area contributed by atoms with Crippen LogP contribution in [0, 0.1) is 0 Å². The molecule has 0 amide bonds. The van der Waals surface area contributed by atoms with Crippen molar-refractivity contribution in [1.82, 2.24) is 5.32 Å². The third kappa shape index (κ3) is 4.70. The predicted molar refractivity (Wildman–Crippen MR) is 81.6 cm³/mol. The lowest BCUT2D eigenvalue weighted by Crippen LogP contribution is -2.29. The molecule has 1 saturated carbocycles. The molecule has 4 heteroatoms. The lowest BCUT2D eigenvalue weighted by molar-refractivity contribution is -0.0191. The summed E-state index contributed by atoms with van der Waals surface area (Å²) in [6, 6.07) is 8.77. The van der Waals surface area contributed by atoms with Crippen molar-refractivity contribution in [2.45, 2.75) is 50.5 Å². The Bertz CT molecular complexity index is 430. The Hall–Kier alpha value is -1.10. The number of hydrogen-bond donors (Lipinski definition) is 1. The third-order valence-corrected chi connectivity index (χ3v) is 4.14. The van der Waals surface area contributed by atoms with Crippen LogP contribution in [0.5, 0.6) is 5.75 Å². The maximum atomic E-state index is 6.01. The van der Waals surface area contributed by atoms with Crippen LogP contribution in [-0.2, 0) is 16.1 Å². The Balaban J connectivity index is 1.31. The maximum absolute atomic E-state index is 6.01. The van der Waals surface area contributed by atoms with Crippen molar-refractivity contribution in [1.29, 1.82) is 0 Å². The van der Waals surface area contributed by atoms with Crippen LogP contribution >= 0.6 is 0 Å². The van der Waals surface area contributed by atoms with E-state index in [1.807, 2.05) is 24.3 Å². The average Bonchev–Trinajstić information content (AvgIpc) is 3.25. The predicted octanol–water partition coefficient (Wildman–Crippen LogP) is 2.51. The number of benzene rings is 1. The largest absolute Gasteiger partial charge is 0.497 e. The minimum atomic E-state index is 0.259. The van der Waals surface area contributed by atoms with Gasteiger partial charge in [0.1, 0.15) is 5.75 Å². The fourth-order valence-corrected chi connectivity index (χ4v) is 2.67. The van der Waals surface area contributed by atoms with E-state index >= 15 is 0 Å². The zero-order valence-corrected chi connectivity index (χ0v) is 12.7. The highest BCUT2D eigenvalue weighted by atomic mass is 16.5. The third-order valence-electron chi connectivity index (χ3n) is 4.14. The van der Waals surface area contributed by atoms with E-state index in [1.165, 1.54) is 18.4 Å². The Labute approximate surface area is 126 Å². The van der Waals surface area contributed by atoms with Crippen LogP contribution in [0.2, 0.25) is 0 Å². The number of methoxy groups -OCH3 is 1. The van der Waals surface area contributed by atoms with E-state index in [0.717, 1.165) is 31.2 Å². The molecule has 1 N–H and O–H groups in total. The molecule has 4 nitrogen and oxygen atoms in total. The summed E-state index contributed by atoms with van der Waals surface area (Å²) in [6.45, 7) is 2.32. The van der Waals surface area contributed by atoms with E-state index in [4.69, 9.17) is 14.2 Å². The maximum Gasteiger partial charge on any atom is 0.118 e. The fourth-order valence-electron chi connectivity index (χ4n) is 2.67. The van der Waals surface area contributed by atoms with Gasteiger partial charge in [-0.05, 0) is 43.4 Å². The molecule has 0 aromatic heterocycles. The van der Waals surface area contributed by atoms with Gasteiger partial charge in [0.05, 0.1) is 32.5 Å². The molecule has 1 saturated heterocycles. The van der Waals surface area contributed by atoms with Crippen molar-refractivity contribution >= 4 is 0 Å². The van der Waals surface area contributed by atoms with Gasteiger partial charge in [-0.15, -0.1) is 0 Å². The number of rotatable bonds is 8. The van der Waals surface area contributed by atoms with E-state index in [0.29, 0.717) is 19.3 Å². The van der Waals surface area contributed by atoms with Gasteiger partial charge in [0, 0.05) is 12.6 Å². The molecule has 0 spiro atoms. The second-order valence-electron chi connectivity index (χ2n) is 6.00. The van der Waals surface area contributed by atoms with Gasteiger partial charge in [0.2, 0.25) is 0 Å². The summed E-state index contributed by atoms with van der Waals surface area (Å²) in [5, 5.41) is 3.53. The zero-order valence-electron chi connectivity index (χ0n) is 12.7. The monoisotopic (exact) mass is 291 g/mol. The first-order chi connectivity index (χ1) is 10.3. The second kappa shape index (κ2) is 7.25. The minimum Gasteiger partial charge on any atom is -0.497 e. The summed E-state index contributed by atoms with van der Waals surface area (Å²) in [5.41, 5.74) is 1.17. The number of ether oxygens (including phenoxy) is 3. The SMILES string of the molecule is COc1ccc(COCC2CCC(CNC3CC3)O2)cc1. The molecule has 1 aromatic carbocycles. The average molecular weight is 291 g/mol. The van der Waals surface area contributed by atoms with Gasteiger partial charge in [-0.2, -0.15) is 0 Å². The molecule has 3 rings (SSSR count). The van der Waals surface area contributed by atoms with Crippen molar-refractivity contribution < 1.29 is 14.2 Å². The van der Waals surface area contributed by atoms with Crippen molar-refractivity contribution in [2.24, 2.45) is 0 Å². The fraction of sp³-hybridized carbons (Fsp3) is 0.647. The van der Waals surface area contributed by atoms with Crippen LogP contribution in [0.25, 0.3) is 0 Å². The number of hydrogen-bond acceptors (Lipinski definition) is 4. The summed E-state index contributed by atoms with van der Waals surface area (Å²) in [6.07, 6.45) is 5.56. The molecule has 21 heavy (non-hydrogen) atoms. The molecule has 2 atom stereocenters. The van der Waals surface area contributed by atoms with E-state index in [2.05, 4.69) is 5.32 Å². The van der Waals surface area contributed by atoms with Crippen molar-refractivity contribution in [2.75, 3.05) is 20.3 Å². The zero-order chi connectivity index (χ0) is 14.5. The standard InChI is InChI=1S/C17H25NO3/c1-19-15-6-2-13(3-7-15)11-20-12-17-9-8-16(21-17)10-18-14-4-5-14/h2-3,6-7,14,16-18H,4-5,8-12H2,1H3. The summed E-state index contributed by atoms with van der Waals surface area (Å²) < 4.78 is 16.9. The topological polar surface area (TPSA) is 39.7 Å². The highest BCUT2D eigenvalue weighted by molar-refractivity contribution is 5.26. The lowest BCUT2D eigenvalue weighted by Gasteiger charge is -2.14. The first-order valence-electron chi connectivity index (χ1n) is 7.93. The van der Waals surface area contributed by atoms with Crippen LogP contribution in [0.4, 0.5) is 0 Å². The molecule has 2 unspecified atom stereocenters. The molecule has 1 aliphatic carbocycles. The van der Waals surface area contributed by atoms with Gasteiger partial charge in [-0.1, -0.05) is 12.1 Å². The smallest absolute Gasteiger partial charge is 0.118 e. The van der Waals surface area contributed by atoms with Gasteiger partial charge in [0.25, 0.3) is 0 Å². The molecule has 1 aromatic rings. The molecule has 0 radical (unpaired) electrons. The lowest BCUT2D eigenvalue weighted by atomic mass is 10.2. The normalized spacial score (nSPS) is 25.2. The van der Waals surface area contributed by atoms with E-state index in [9.17, 15) is 0 Å². The van der Waals surface area contributed by atoms with Crippen LogP contribution in [-0.4, -0.2) is 38.5 Å². The van der Waals surface area contributed by atoms with Gasteiger partial charge < -0.3 is 19.5 Å². The number of nitrogens with one attached hydrogen (secondary N) is 1. The van der Waals surface area contributed by atoms with Gasteiger partial charge in [-0.25, -0.2) is 0 Å². The first-order valence-corrected chi connectivity index (χ1v) is 7.93. The van der Waals surface area contributed by atoms with Crippen LogP contribution < -0.4 is 10.1 Å². The molecule has 1 heterocycles. The molecule has 116 valence electrons. The van der Waals surface area contributed by atoms with E-state index < -0.39 is 0 Å². The summed E-state index contributed by atoms with van der Waals surface area (Å²) in [7, 11) is 1.68. The van der Waals surface area contributed by atoms with E-state index in [1.54, 1.807) is 7.11 Å². The highest BCUT2D eigenvalue weighted by Crippen LogP contribution is 2.23. The summed E-state index contributed by atoms with van der Waals surface area (Å²) in [5.74, 6) is 0.879. The minimum absolute atomic E-state index is 0.259. The highest BCUT2D eigenvalue weighted by Gasteiger charge is 2.27. The Morgan fingerprint density at radius 3 is 2.57 bits per heavy atom. The van der Waals surface area contributed by atoms with Crippen molar-refractivity contribution in [3.63, 3.8) is 0 Å². The second-order valence-corrected chi connectivity index (χ2v) is 6.00. The summed E-state index contributed by atoms with van der Waals surface area (Å²) >= 11 is 0. The quantitative estimate of drug-likeness (QED) is 0.799. The van der Waals surface area contributed by atoms with Crippen LogP contribution in [0.1, 0.15) is 31.2 Å². The molecule has 0 bridgehead atoms. The molecule has 1 aliphatic heterocycles. The molecule has 2 fully saturated rings. The van der Waals surface area contributed by atoms with Crippen LogP contribution in [0.15, 0.2) is 24.3 Å². The van der Waals surface area contributed by atoms with E-state index in [-0.39, 0.29) is 6.10 Å². The Morgan fingerprint density at radius 2 is 1.86 bits per heavy atom. The molecular weight excluding hydrogens is 266 g/mol. The molecular formula is C17H25NO3. The Morgan fingerprint density at radius 1 is 1.10 bits per heavy atom. The molecule has 2 aliphatic rings. The Kier molecular flexibility index (Phi) is 5.12. The summed E-state index contributed by atoms with van der Waals surface area (Å²) in [4.78, 5) is 0. The van der Waals surface area contributed by atoms with Gasteiger partial charge in [0.15, 0.2) is 0 Å². The van der Waals surface area contributed by atoms with Crippen molar-refractivity contribution in [3.8, 4) is 5.75 Å². The van der Waals surface area contributed by atoms with Crippen LogP contribution in [0.3, 0.4) is 0 Å². The van der Waals surface area contributed by atoms with Gasteiger partial charge >= 0.3 is 0 Å². The van der Waals surface area contributed by atoms with Crippen molar-refractivity contribution in [3.05, 3.63) is 29.8 Å².